The molecular formula is C17H18N2O4. The summed E-state index contributed by atoms with van der Waals surface area (Å²) in [6.45, 7) is 0.0381. The summed E-state index contributed by atoms with van der Waals surface area (Å²) in [5.74, 6) is -0.806. The Kier molecular flexibility index (Phi) is 5.85. The van der Waals surface area contributed by atoms with E-state index in [0.717, 1.165) is 5.56 Å². The van der Waals surface area contributed by atoms with Gasteiger partial charge in [0.15, 0.2) is 0 Å². The zero-order valence-electron chi connectivity index (χ0n) is 12.4. The fourth-order valence-corrected chi connectivity index (χ4v) is 1.94. The summed E-state index contributed by atoms with van der Waals surface area (Å²) < 4.78 is 4.93. The molecule has 2 aromatic rings. The molecule has 0 aliphatic rings. The molecule has 120 valence electrons. The number of benzene rings is 2. The second kappa shape index (κ2) is 8.07. The van der Waals surface area contributed by atoms with Gasteiger partial charge in [-0.2, -0.15) is 0 Å². The molecule has 0 aliphatic heterocycles. The molecule has 0 spiro atoms. The van der Waals surface area contributed by atoms with Gasteiger partial charge in [0.2, 0.25) is 5.91 Å². The normalized spacial score (nSPS) is 13.0. The van der Waals surface area contributed by atoms with E-state index in [9.17, 15) is 14.7 Å². The van der Waals surface area contributed by atoms with Crippen LogP contribution in [0.15, 0.2) is 60.7 Å². The van der Waals surface area contributed by atoms with E-state index in [4.69, 9.17) is 10.5 Å². The van der Waals surface area contributed by atoms with Crippen LogP contribution < -0.4 is 11.1 Å². The molecule has 1 unspecified atom stereocenters. The number of nitrogens with two attached hydrogens (primary N) is 1. The number of carbonyl (C=O) groups is 2. The van der Waals surface area contributed by atoms with Crippen LogP contribution >= 0.6 is 0 Å². The van der Waals surface area contributed by atoms with Crippen LogP contribution in [0.3, 0.4) is 0 Å². The summed E-state index contributed by atoms with van der Waals surface area (Å²) in [5.41, 5.74) is 6.97. The second-order valence-electron chi connectivity index (χ2n) is 4.93. The van der Waals surface area contributed by atoms with Crippen molar-refractivity contribution in [3.8, 4) is 0 Å². The predicted molar refractivity (Wildman–Crippen MR) is 84.1 cm³/mol. The van der Waals surface area contributed by atoms with E-state index in [0.29, 0.717) is 5.56 Å². The van der Waals surface area contributed by atoms with Crippen molar-refractivity contribution in [2.75, 3.05) is 0 Å². The molecule has 0 heterocycles. The van der Waals surface area contributed by atoms with Crippen molar-refractivity contribution < 1.29 is 19.4 Å². The Morgan fingerprint density at radius 1 is 1.04 bits per heavy atom. The lowest BCUT2D eigenvalue weighted by molar-refractivity contribution is -0.124. The van der Waals surface area contributed by atoms with Crippen molar-refractivity contribution >= 4 is 12.0 Å². The Hall–Kier alpha value is -2.70. The maximum atomic E-state index is 11.9. The molecule has 4 N–H and O–H groups in total. The number of aliphatic hydroxyl groups excluding tert-OH is 1. The number of carbonyl (C=O) groups excluding carboxylic acids is 2. The van der Waals surface area contributed by atoms with E-state index in [-0.39, 0.29) is 6.61 Å². The quantitative estimate of drug-likeness (QED) is 0.776. The Morgan fingerprint density at radius 3 is 2.22 bits per heavy atom. The van der Waals surface area contributed by atoms with Crippen molar-refractivity contribution in [2.24, 2.45) is 5.73 Å². The summed E-state index contributed by atoms with van der Waals surface area (Å²) in [6.07, 6.45) is -2.12. The largest absolute Gasteiger partial charge is 0.444 e. The number of hydrogen-bond acceptors (Lipinski definition) is 5. The van der Waals surface area contributed by atoms with E-state index in [1.54, 1.807) is 42.5 Å². The van der Waals surface area contributed by atoms with Gasteiger partial charge in [-0.25, -0.2) is 4.79 Å². The number of rotatable bonds is 5. The highest BCUT2D eigenvalue weighted by molar-refractivity contribution is 5.95. The third-order valence-electron chi connectivity index (χ3n) is 3.22. The average molecular weight is 314 g/mol. The minimum absolute atomic E-state index is 0.0381. The molecule has 6 heteroatoms. The van der Waals surface area contributed by atoms with Crippen LogP contribution in [0.2, 0.25) is 0 Å². The molecule has 0 aromatic heterocycles. The van der Waals surface area contributed by atoms with Crippen molar-refractivity contribution in [1.82, 2.24) is 5.32 Å². The van der Waals surface area contributed by atoms with Crippen LogP contribution in [0.5, 0.6) is 0 Å². The van der Waals surface area contributed by atoms with Crippen molar-refractivity contribution in [1.29, 1.82) is 0 Å². The first-order chi connectivity index (χ1) is 11.1. The van der Waals surface area contributed by atoms with Gasteiger partial charge in [0, 0.05) is 0 Å². The smallest absolute Gasteiger partial charge is 0.414 e. The zero-order chi connectivity index (χ0) is 16.7. The summed E-state index contributed by atoms with van der Waals surface area (Å²) >= 11 is 0. The maximum Gasteiger partial charge on any atom is 0.414 e. The van der Waals surface area contributed by atoms with Crippen LogP contribution in [-0.2, 0) is 16.1 Å². The van der Waals surface area contributed by atoms with Crippen LogP contribution in [-0.4, -0.2) is 23.1 Å². The number of alkyl carbamates (subject to hydrolysis) is 1. The van der Waals surface area contributed by atoms with Gasteiger partial charge in [-0.15, -0.1) is 0 Å². The average Bonchev–Trinajstić information content (AvgIpc) is 2.60. The molecule has 0 radical (unpaired) electrons. The third kappa shape index (κ3) is 4.91. The molecule has 2 atom stereocenters. The lowest BCUT2D eigenvalue weighted by Crippen LogP contribution is -2.46. The lowest BCUT2D eigenvalue weighted by Gasteiger charge is -2.18. The van der Waals surface area contributed by atoms with Gasteiger partial charge in [0.25, 0.3) is 0 Å². The molecule has 2 rings (SSSR count). The number of amides is 2. The van der Waals surface area contributed by atoms with Crippen LogP contribution in [0.1, 0.15) is 17.2 Å². The molecule has 23 heavy (non-hydrogen) atoms. The molecule has 6 nitrogen and oxygen atoms in total. The van der Waals surface area contributed by atoms with Crippen molar-refractivity contribution in [3.63, 3.8) is 0 Å². The summed E-state index contributed by atoms with van der Waals surface area (Å²) in [7, 11) is 0. The SMILES string of the molecule is N[C@H](C(=O)NC(=O)OCc1ccccc1)C(O)c1ccccc1. The molecule has 2 aromatic carbocycles. The number of aliphatic hydroxyl groups is 1. The fraction of sp³-hybridized carbons (Fsp3) is 0.176. The topological polar surface area (TPSA) is 102 Å². The molecular weight excluding hydrogens is 296 g/mol. The van der Waals surface area contributed by atoms with Crippen molar-refractivity contribution in [3.05, 3.63) is 71.8 Å². The van der Waals surface area contributed by atoms with Gasteiger partial charge in [0.05, 0.1) is 0 Å². The van der Waals surface area contributed by atoms with Gasteiger partial charge < -0.3 is 15.6 Å². The highest BCUT2D eigenvalue weighted by Gasteiger charge is 2.25. The van der Waals surface area contributed by atoms with E-state index < -0.39 is 24.1 Å². The highest BCUT2D eigenvalue weighted by atomic mass is 16.5. The molecule has 0 saturated carbocycles. The van der Waals surface area contributed by atoms with Crippen LogP contribution in [0, 0.1) is 0 Å². The minimum atomic E-state index is -1.28. The molecule has 0 saturated heterocycles. The number of imide groups is 1. The fourth-order valence-electron chi connectivity index (χ4n) is 1.94. The Morgan fingerprint density at radius 2 is 1.61 bits per heavy atom. The van der Waals surface area contributed by atoms with Gasteiger partial charge in [-0.1, -0.05) is 60.7 Å². The maximum absolute atomic E-state index is 11.9. The zero-order valence-corrected chi connectivity index (χ0v) is 12.4. The molecule has 0 fully saturated rings. The van der Waals surface area contributed by atoms with Gasteiger partial charge in [-0.3, -0.25) is 10.1 Å². The Bertz CT molecular complexity index is 646. The Labute approximate surface area is 133 Å². The third-order valence-corrected chi connectivity index (χ3v) is 3.22. The number of nitrogens with one attached hydrogen (secondary N) is 1. The highest BCUT2D eigenvalue weighted by Crippen LogP contribution is 2.15. The van der Waals surface area contributed by atoms with E-state index in [2.05, 4.69) is 0 Å². The second-order valence-corrected chi connectivity index (χ2v) is 4.93. The van der Waals surface area contributed by atoms with E-state index in [1.165, 1.54) is 0 Å². The predicted octanol–water partition coefficient (Wildman–Crippen LogP) is 1.50. The van der Waals surface area contributed by atoms with Crippen LogP contribution in [0.25, 0.3) is 0 Å². The van der Waals surface area contributed by atoms with Gasteiger partial charge in [0.1, 0.15) is 18.8 Å². The summed E-state index contributed by atoms with van der Waals surface area (Å²) in [5, 5.41) is 12.1. The Balaban J connectivity index is 1.84. The monoisotopic (exact) mass is 314 g/mol. The van der Waals surface area contributed by atoms with E-state index in [1.807, 2.05) is 23.5 Å². The van der Waals surface area contributed by atoms with Crippen LogP contribution in [0.4, 0.5) is 4.79 Å². The van der Waals surface area contributed by atoms with Crippen molar-refractivity contribution in [2.45, 2.75) is 18.8 Å². The molecule has 0 aliphatic carbocycles. The van der Waals surface area contributed by atoms with E-state index >= 15 is 0 Å². The molecule has 0 bridgehead atoms. The minimum Gasteiger partial charge on any atom is -0.444 e. The van der Waals surface area contributed by atoms with Gasteiger partial charge in [-0.05, 0) is 11.1 Å². The molecule has 2 amide bonds. The summed E-state index contributed by atoms with van der Waals surface area (Å²) in [4.78, 5) is 23.5. The number of hydrogen-bond donors (Lipinski definition) is 3. The number of ether oxygens (including phenoxy) is 1. The summed E-state index contributed by atoms with van der Waals surface area (Å²) in [6, 6.07) is 16.3. The lowest BCUT2D eigenvalue weighted by atomic mass is 10.0. The van der Waals surface area contributed by atoms with Gasteiger partial charge >= 0.3 is 6.09 Å². The standard InChI is InChI=1S/C17H18N2O4/c18-14(15(20)13-9-5-2-6-10-13)16(21)19-17(22)23-11-12-7-3-1-4-8-12/h1-10,14-15,20H,11,18H2,(H,19,21,22)/t14-,15?/m0/s1. The first kappa shape index (κ1) is 16.7. The first-order valence-electron chi connectivity index (χ1n) is 7.08. The first-order valence-corrected chi connectivity index (χ1v) is 7.08.